The lowest BCUT2D eigenvalue weighted by Gasteiger charge is -2.08. The maximum Gasteiger partial charge on any atom is 0.0378 e. The van der Waals surface area contributed by atoms with Crippen LogP contribution in [0, 0.1) is 6.92 Å². The molecule has 15 heavy (non-hydrogen) atoms. The minimum Gasteiger partial charge on any atom is -0.381 e. The van der Waals surface area contributed by atoms with Crippen LogP contribution in [0.2, 0.25) is 0 Å². The van der Waals surface area contributed by atoms with Gasteiger partial charge in [-0.25, -0.2) is 0 Å². The van der Waals surface area contributed by atoms with E-state index in [0.29, 0.717) is 0 Å². The van der Waals surface area contributed by atoms with Gasteiger partial charge in [0.05, 0.1) is 0 Å². The largest absolute Gasteiger partial charge is 0.381 e. The fourth-order valence-electron chi connectivity index (χ4n) is 1.71. The summed E-state index contributed by atoms with van der Waals surface area (Å²) >= 11 is 0. The number of hydrogen-bond donors (Lipinski definition) is 1. The van der Waals surface area contributed by atoms with Gasteiger partial charge in [0.1, 0.15) is 0 Å². The second kappa shape index (κ2) is 4.35. The zero-order valence-corrected chi connectivity index (χ0v) is 9.38. The second-order valence-corrected chi connectivity index (χ2v) is 4.12. The third kappa shape index (κ3) is 2.50. The van der Waals surface area contributed by atoms with E-state index >= 15 is 0 Å². The van der Waals surface area contributed by atoms with Crippen molar-refractivity contribution in [1.29, 1.82) is 0 Å². The van der Waals surface area contributed by atoms with Crippen LogP contribution in [0.4, 0.5) is 0 Å². The van der Waals surface area contributed by atoms with Gasteiger partial charge in [-0.05, 0) is 25.8 Å². The number of aryl methyl sites for hydroxylation is 1. The standard InChI is InChI=1S/C14H17N/c1-11-3-6-13(7-4-11)14-8-5-12(2)9-10-15-14/h3-4,6-9,15H,5,10H2,1-2H3. The Labute approximate surface area is 91.5 Å². The average Bonchev–Trinajstić information content (AvgIpc) is 2.44. The third-order valence-electron chi connectivity index (χ3n) is 2.73. The van der Waals surface area contributed by atoms with E-state index < -0.39 is 0 Å². The fourth-order valence-corrected chi connectivity index (χ4v) is 1.71. The van der Waals surface area contributed by atoms with Crippen molar-refractivity contribution in [1.82, 2.24) is 5.32 Å². The van der Waals surface area contributed by atoms with Gasteiger partial charge in [0.15, 0.2) is 0 Å². The Balaban J connectivity index is 2.21. The van der Waals surface area contributed by atoms with Gasteiger partial charge < -0.3 is 5.32 Å². The Bertz CT molecular complexity index is 396. The summed E-state index contributed by atoms with van der Waals surface area (Å²) < 4.78 is 0. The molecule has 0 radical (unpaired) electrons. The molecule has 1 heteroatoms. The highest BCUT2D eigenvalue weighted by Gasteiger charge is 2.02. The van der Waals surface area contributed by atoms with Crippen LogP contribution in [0.25, 0.3) is 5.70 Å². The molecule has 78 valence electrons. The van der Waals surface area contributed by atoms with Crippen molar-refractivity contribution in [3.8, 4) is 0 Å². The van der Waals surface area contributed by atoms with Crippen molar-refractivity contribution < 1.29 is 0 Å². The first kappa shape index (κ1) is 10.0. The lowest BCUT2D eigenvalue weighted by molar-refractivity contribution is 1.01. The monoisotopic (exact) mass is 199 g/mol. The first-order chi connectivity index (χ1) is 7.25. The molecule has 0 amide bonds. The summed E-state index contributed by atoms with van der Waals surface area (Å²) in [6.07, 6.45) is 5.57. The molecular formula is C14H17N. The van der Waals surface area contributed by atoms with Crippen LogP contribution in [-0.2, 0) is 0 Å². The minimum absolute atomic E-state index is 0.936. The molecule has 0 unspecified atom stereocenters. The van der Waals surface area contributed by atoms with Crippen LogP contribution in [0.3, 0.4) is 0 Å². The van der Waals surface area contributed by atoms with Crippen molar-refractivity contribution in [2.24, 2.45) is 0 Å². The molecule has 1 N–H and O–H groups in total. The lowest BCUT2D eigenvalue weighted by atomic mass is 10.1. The number of allylic oxidation sites excluding steroid dienone is 2. The number of nitrogens with one attached hydrogen (secondary N) is 1. The average molecular weight is 199 g/mol. The van der Waals surface area contributed by atoms with Gasteiger partial charge in [-0.15, -0.1) is 0 Å². The maximum atomic E-state index is 3.43. The zero-order valence-electron chi connectivity index (χ0n) is 9.38. The zero-order chi connectivity index (χ0) is 10.7. The summed E-state index contributed by atoms with van der Waals surface area (Å²) in [6, 6.07) is 8.66. The van der Waals surface area contributed by atoms with Crippen molar-refractivity contribution in [2.75, 3.05) is 6.54 Å². The van der Waals surface area contributed by atoms with Crippen LogP contribution < -0.4 is 5.32 Å². The Morgan fingerprint density at radius 1 is 1.00 bits per heavy atom. The molecule has 2 rings (SSSR count). The van der Waals surface area contributed by atoms with E-state index in [4.69, 9.17) is 0 Å². The summed E-state index contributed by atoms with van der Waals surface area (Å²) in [7, 11) is 0. The molecule has 1 nitrogen and oxygen atoms in total. The normalized spacial score (nSPS) is 16.1. The Kier molecular flexibility index (Phi) is 2.91. The predicted molar refractivity (Wildman–Crippen MR) is 65.5 cm³/mol. The van der Waals surface area contributed by atoms with E-state index in [1.54, 1.807) is 0 Å². The molecule has 0 aliphatic carbocycles. The van der Waals surface area contributed by atoms with Crippen molar-refractivity contribution in [2.45, 2.75) is 20.3 Å². The molecule has 0 atom stereocenters. The first-order valence-corrected chi connectivity index (χ1v) is 5.42. The van der Waals surface area contributed by atoms with E-state index in [1.165, 1.54) is 22.4 Å². The van der Waals surface area contributed by atoms with E-state index in [0.717, 1.165) is 13.0 Å². The molecule has 0 aromatic heterocycles. The summed E-state index contributed by atoms with van der Waals surface area (Å²) in [4.78, 5) is 0. The third-order valence-corrected chi connectivity index (χ3v) is 2.73. The number of benzene rings is 1. The van der Waals surface area contributed by atoms with Gasteiger partial charge in [0.25, 0.3) is 0 Å². The molecule has 1 aromatic rings. The molecule has 0 spiro atoms. The van der Waals surface area contributed by atoms with E-state index in [2.05, 4.69) is 55.6 Å². The summed E-state index contributed by atoms with van der Waals surface area (Å²) in [5.41, 5.74) is 5.28. The Morgan fingerprint density at radius 3 is 2.47 bits per heavy atom. The maximum absolute atomic E-state index is 3.43. The van der Waals surface area contributed by atoms with Gasteiger partial charge in [0, 0.05) is 12.2 Å². The van der Waals surface area contributed by atoms with Crippen molar-refractivity contribution >= 4 is 5.70 Å². The molecule has 1 aliphatic rings. The van der Waals surface area contributed by atoms with Gasteiger partial charge in [0.2, 0.25) is 0 Å². The smallest absolute Gasteiger partial charge is 0.0378 e. The SMILES string of the molecule is CC1=CCNC(c2ccc(C)cc2)=CC1. The fraction of sp³-hybridized carbons (Fsp3) is 0.286. The molecule has 0 bridgehead atoms. The molecule has 0 fully saturated rings. The lowest BCUT2D eigenvalue weighted by Crippen LogP contribution is -2.10. The van der Waals surface area contributed by atoms with Crippen LogP contribution >= 0.6 is 0 Å². The van der Waals surface area contributed by atoms with Gasteiger partial charge >= 0.3 is 0 Å². The van der Waals surface area contributed by atoms with Crippen LogP contribution in [0.1, 0.15) is 24.5 Å². The minimum atomic E-state index is 0.936. The van der Waals surface area contributed by atoms with E-state index in [9.17, 15) is 0 Å². The van der Waals surface area contributed by atoms with Crippen molar-refractivity contribution in [3.63, 3.8) is 0 Å². The van der Waals surface area contributed by atoms with Crippen LogP contribution in [0.15, 0.2) is 42.0 Å². The second-order valence-electron chi connectivity index (χ2n) is 4.12. The number of rotatable bonds is 1. The van der Waals surface area contributed by atoms with E-state index in [-0.39, 0.29) is 0 Å². The van der Waals surface area contributed by atoms with E-state index in [1.807, 2.05) is 0 Å². The van der Waals surface area contributed by atoms with Crippen LogP contribution in [0.5, 0.6) is 0 Å². The number of hydrogen-bond acceptors (Lipinski definition) is 1. The van der Waals surface area contributed by atoms with Gasteiger partial charge in [-0.1, -0.05) is 47.6 Å². The first-order valence-electron chi connectivity index (χ1n) is 5.42. The molecule has 0 saturated heterocycles. The van der Waals surface area contributed by atoms with Gasteiger partial charge in [-0.3, -0.25) is 0 Å². The Morgan fingerprint density at radius 2 is 1.73 bits per heavy atom. The molecular weight excluding hydrogens is 182 g/mol. The highest BCUT2D eigenvalue weighted by molar-refractivity contribution is 5.65. The quantitative estimate of drug-likeness (QED) is 0.684. The molecule has 0 saturated carbocycles. The highest BCUT2D eigenvalue weighted by Crippen LogP contribution is 2.17. The summed E-state index contributed by atoms with van der Waals surface area (Å²) in [6.45, 7) is 5.23. The summed E-state index contributed by atoms with van der Waals surface area (Å²) in [5, 5.41) is 3.43. The predicted octanol–water partition coefficient (Wildman–Crippen LogP) is 3.28. The van der Waals surface area contributed by atoms with Gasteiger partial charge in [-0.2, -0.15) is 0 Å². The highest BCUT2D eigenvalue weighted by atomic mass is 14.9. The topological polar surface area (TPSA) is 12.0 Å². The van der Waals surface area contributed by atoms with Crippen LogP contribution in [-0.4, -0.2) is 6.54 Å². The van der Waals surface area contributed by atoms with Crippen molar-refractivity contribution in [3.05, 3.63) is 53.1 Å². The molecule has 1 aliphatic heterocycles. The Hall–Kier alpha value is -1.50. The molecule has 1 heterocycles. The summed E-state index contributed by atoms with van der Waals surface area (Å²) in [5.74, 6) is 0. The molecule has 1 aromatic carbocycles.